The fourth-order valence-electron chi connectivity index (χ4n) is 2.75. The van der Waals surface area contributed by atoms with Gasteiger partial charge in [0, 0.05) is 37.4 Å². The van der Waals surface area contributed by atoms with Crippen LogP contribution >= 0.6 is 0 Å². The van der Waals surface area contributed by atoms with E-state index in [1.165, 1.54) is 11.8 Å². The van der Waals surface area contributed by atoms with Gasteiger partial charge in [0.1, 0.15) is 5.75 Å². The van der Waals surface area contributed by atoms with Gasteiger partial charge in [-0.1, -0.05) is 32.9 Å². The van der Waals surface area contributed by atoms with E-state index in [1.54, 1.807) is 30.7 Å². The fraction of sp³-hybridized carbons (Fsp3) is 0.304. The Morgan fingerprint density at radius 2 is 1.79 bits per heavy atom. The van der Waals surface area contributed by atoms with Crippen molar-refractivity contribution < 1.29 is 9.53 Å². The Morgan fingerprint density at radius 1 is 1.00 bits per heavy atom. The van der Waals surface area contributed by atoms with Gasteiger partial charge >= 0.3 is 0 Å². The van der Waals surface area contributed by atoms with Crippen LogP contribution in [0.1, 0.15) is 48.8 Å². The third-order valence-electron chi connectivity index (χ3n) is 4.45. The number of hydrogen-bond acceptors (Lipinski definition) is 5. The van der Waals surface area contributed by atoms with Gasteiger partial charge in [-0.15, -0.1) is 0 Å². The Balaban J connectivity index is 1.48. The second-order valence-electron chi connectivity index (χ2n) is 7.82. The van der Waals surface area contributed by atoms with Gasteiger partial charge in [0.05, 0.1) is 11.3 Å². The average Bonchev–Trinajstić information content (AvgIpc) is 2.72. The van der Waals surface area contributed by atoms with E-state index in [-0.39, 0.29) is 11.3 Å². The zero-order valence-electron chi connectivity index (χ0n) is 17.1. The highest BCUT2D eigenvalue weighted by molar-refractivity contribution is 5.93. The molecule has 0 fully saturated rings. The van der Waals surface area contributed by atoms with E-state index in [1.807, 2.05) is 12.1 Å². The molecule has 0 bridgehead atoms. The van der Waals surface area contributed by atoms with Gasteiger partial charge < -0.3 is 10.1 Å². The van der Waals surface area contributed by atoms with Crippen LogP contribution in [-0.2, 0) is 11.8 Å². The first-order valence-electron chi connectivity index (χ1n) is 9.69. The fourth-order valence-corrected chi connectivity index (χ4v) is 2.75. The molecule has 0 saturated carbocycles. The molecule has 150 valence electrons. The second kappa shape index (κ2) is 9.28. The van der Waals surface area contributed by atoms with Gasteiger partial charge in [0.25, 0.3) is 5.91 Å². The number of rotatable bonds is 7. The predicted octanol–water partition coefficient (Wildman–Crippen LogP) is 4.32. The molecule has 0 atom stereocenters. The Kier molecular flexibility index (Phi) is 6.54. The van der Waals surface area contributed by atoms with Crippen molar-refractivity contribution in [2.45, 2.75) is 39.0 Å². The number of aryl methyl sites for hydroxylation is 1. The number of hydrogen-bond donors (Lipinski definition) is 1. The first-order chi connectivity index (χ1) is 13.9. The third kappa shape index (κ3) is 6.10. The SMILES string of the molecule is CC(C)(C)c1ccc(Oc2ccc(C(=O)NCCCc3cnccn3)cn2)cc1. The Morgan fingerprint density at radius 3 is 2.41 bits per heavy atom. The lowest BCUT2D eigenvalue weighted by molar-refractivity contribution is 0.0953. The van der Waals surface area contributed by atoms with E-state index in [0.717, 1.165) is 18.5 Å². The molecule has 29 heavy (non-hydrogen) atoms. The summed E-state index contributed by atoms with van der Waals surface area (Å²) in [7, 11) is 0. The van der Waals surface area contributed by atoms with Crippen molar-refractivity contribution in [3.63, 3.8) is 0 Å². The highest BCUT2D eigenvalue weighted by Crippen LogP contribution is 2.26. The van der Waals surface area contributed by atoms with Gasteiger partial charge in [0.15, 0.2) is 0 Å². The van der Waals surface area contributed by atoms with Crippen molar-refractivity contribution in [2.24, 2.45) is 0 Å². The molecule has 0 radical (unpaired) electrons. The Labute approximate surface area is 171 Å². The number of amides is 1. The third-order valence-corrected chi connectivity index (χ3v) is 4.45. The van der Waals surface area contributed by atoms with Crippen LogP contribution in [-0.4, -0.2) is 27.4 Å². The van der Waals surface area contributed by atoms with Gasteiger partial charge in [-0.25, -0.2) is 4.98 Å². The lowest BCUT2D eigenvalue weighted by atomic mass is 9.87. The van der Waals surface area contributed by atoms with Crippen LogP contribution in [0.4, 0.5) is 0 Å². The van der Waals surface area contributed by atoms with E-state index >= 15 is 0 Å². The summed E-state index contributed by atoms with van der Waals surface area (Å²) in [5, 5.41) is 2.89. The molecule has 6 nitrogen and oxygen atoms in total. The monoisotopic (exact) mass is 390 g/mol. The lowest BCUT2D eigenvalue weighted by Gasteiger charge is -2.19. The highest BCUT2D eigenvalue weighted by Gasteiger charge is 2.13. The Bertz CT molecular complexity index is 918. The van der Waals surface area contributed by atoms with Crippen LogP contribution < -0.4 is 10.1 Å². The molecule has 1 N–H and O–H groups in total. The zero-order valence-corrected chi connectivity index (χ0v) is 17.1. The van der Waals surface area contributed by atoms with E-state index < -0.39 is 0 Å². The van der Waals surface area contributed by atoms with Crippen molar-refractivity contribution in [3.8, 4) is 11.6 Å². The first kappa shape index (κ1) is 20.5. The lowest BCUT2D eigenvalue weighted by Crippen LogP contribution is -2.24. The maximum atomic E-state index is 12.2. The molecule has 2 heterocycles. The minimum absolute atomic E-state index is 0.0975. The number of nitrogens with zero attached hydrogens (tertiary/aromatic N) is 3. The van der Waals surface area contributed by atoms with Crippen molar-refractivity contribution in [1.82, 2.24) is 20.3 Å². The molecule has 3 aromatic rings. The topological polar surface area (TPSA) is 77.0 Å². The smallest absolute Gasteiger partial charge is 0.252 e. The van der Waals surface area contributed by atoms with Crippen molar-refractivity contribution in [2.75, 3.05) is 6.54 Å². The molecule has 1 aromatic carbocycles. The van der Waals surface area contributed by atoms with Crippen LogP contribution in [0, 0.1) is 0 Å². The van der Waals surface area contributed by atoms with Crippen LogP contribution in [0.15, 0.2) is 61.2 Å². The van der Waals surface area contributed by atoms with Gasteiger partial charge in [-0.3, -0.25) is 14.8 Å². The van der Waals surface area contributed by atoms with Crippen molar-refractivity contribution in [1.29, 1.82) is 0 Å². The number of carbonyl (C=O) groups is 1. The summed E-state index contributed by atoms with van der Waals surface area (Å²) in [6.45, 7) is 7.08. The van der Waals surface area contributed by atoms with Gasteiger partial charge in [-0.05, 0) is 42.0 Å². The summed E-state index contributed by atoms with van der Waals surface area (Å²) in [4.78, 5) is 24.7. The number of ether oxygens (including phenoxy) is 1. The van der Waals surface area contributed by atoms with Gasteiger partial charge in [-0.2, -0.15) is 0 Å². The molecule has 0 unspecified atom stereocenters. The molecule has 0 aliphatic carbocycles. The standard InChI is InChI=1S/C23H26N4O2/c1-23(2,3)18-7-9-20(10-8-18)29-21-11-6-17(15-27-21)22(28)26-12-4-5-19-16-24-13-14-25-19/h6-11,13-16H,4-5,12H2,1-3H3,(H,26,28). The predicted molar refractivity (Wildman–Crippen MR) is 112 cm³/mol. The average molecular weight is 390 g/mol. The first-order valence-corrected chi connectivity index (χ1v) is 9.69. The Hall–Kier alpha value is -3.28. The molecule has 1 amide bonds. The highest BCUT2D eigenvalue weighted by atomic mass is 16.5. The number of nitrogens with one attached hydrogen (secondary N) is 1. The van der Waals surface area contributed by atoms with E-state index in [9.17, 15) is 4.79 Å². The molecule has 3 rings (SSSR count). The van der Waals surface area contributed by atoms with Crippen LogP contribution in [0.2, 0.25) is 0 Å². The van der Waals surface area contributed by atoms with Crippen molar-refractivity contribution >= 4 is 5.91 Å². The van der Waals surface area contributed by atoms with Crippen LogP contribution in [0.5, 0.6) is 11.6 Å². The maximum absolute atomic E-state index is 12.2. The molecular formula is C23H26N4O2. The van der Waals surface area contributed by atoms with Gasteiger partial charge in [0.2, 0.25) is 5.88 Å². The molecule has 6 heteroatoms. The number of benzene rings is 1. The van der Waals surface area contributed by atoms with E-state index in [0.29, 0.717) is 23.7 Å². The molecule has 0 aliphatic heterocycles. The van der Waals surface area contributed by atoms with Crippen LogP contribution in [0.25, 0.3) is 0 Å². The number of pyridine rings is 1. The summed E-state index contributed by atoms with van der Waals surface area (Å²) in [6.07, 6.45) is 8.14. The summed E-state index contributed by atoms with van der Waals surface area (Å²) >= 11 is 0. The minimum atomic E-state index is -0.155. The number of carbonyl (C=O) groups excluding carboxylic acids is 1. The molecule has 2 aromatic heterocycles. The van der Waals surface area contributed by atoms with E-state index in [2.05, 4.69) is 53.2 Å². The summed E-state index contributed by atoms with van der Waals surface area (Å²) in [5.41, 5.74) is 2.75. The number of aromatic nitrogens is 3. The zero-order chi connectivity index (χ0) is 20.7. The van der Waals surface area contributed by atoms with Crippen LogP contribution in [0.3, 0.4) is 0 Å². The van der Waals surface area contributed by atoms with E-state index in [4.69, 9.17) is 4.74 Å². The molecular weight excluding hydrogens is 364 g/mol. The second-order valence-corrected chi connectivity index (χ2v) is 7.82. The van der Waals surface area contributed by atoms with Crippen molar-refractivity contribution in [3.05, 3.63) is 78.0 Å². The largest absolute Gasteiger partial charge is 0.439 e. The normalized spacial score (nSPS) is 11.1. The summed E-state index contributed by atoms with van der Waals surface area (Å²) < 4.78 is 5.77. The summed E-state index contributed by atoms with van der Waals surface area (Å²) in [6, 6.07) is 11.4. The molecule has 0 spiro atoms. The summed E-state index contributed by atoms with van der Waals surface area (Å²) in [5.74, 6) is 1.01. The quantitative estimate of drug-likeness (QED) is 0.608. The molecule has 0 aliphatic rings. The molecule has 0 saturated heterocycles. The maximum Gasteiger partial charge on any atom is 0.252 e. The minimum Gasteiger partial charge on any atom is -0.439 e.